The van der Waals surface area contributed by atoms with E-state index in [0.717, 1.165) is 11.1 Å². The van der Waals surface area contributed by atoms with E-state index in [-0.39, 0.29) is 5.91 Å². The number of benzene rings is 1. The largest absolute Gasteiger partial charge is 0.393 e. The maximum Gasteiger partial charge on any atom is 0.251 e. The van der Waals surface area contributed by atoms with Crippen molar-refractivity contribution in [3.05, 3.63) is 65.5 Å². The fourth-order valence-corrected chi connectivity index (χ4v) is 2.02. The van der Waals surface area contributed by atoms with Crippen LogP contribution in [0.2, 0.25) is 0 Å². The van der Waals surface area contributed by atoms with Crippen molar-refractivity contribution in [1.82, 2.24) is 10.3 Å². The Hall–Kier alpha value is -2.27. The van der Waals surface area contributed by atoms with Gasteiger partial charge in [0.2, 0.25) is 0 Å². The van der Waals surface area contributed by atoms with Crippen molar-refractivity contribution in [2.45, 2.75) is 13.0 Å². The third-order valence-corrected chi connectivity index (χ3v) is 2.95. The molecule has 3 N–H and O–H groups in total. The lowest BCUT2D eigenvalue weighted by atomic mass is 10.0. The number of pyridine rings is 1. The first-order chi connectivity index (χ1) is 9.66. The Morgan fingerprint density at radius 1 is 1.25 bits per heavy atom. The third kappa shape index (κ3) is 3.86. The fourth-order valence-electron chi connectivity index (χ4n) is 1.86. The molecule has 1 aromatic heterocycles. The summed E-state index contributed by atoms with van der Waals surface area (Å²) in [4.78, 5) is 16.6. The van der Waals surface area contributed by atoms with E-state index in [1.165, 1.54) is 0 Å². The summed E-state index contributed by atoms with van der Waals surface area (Å²) < 4.78 is 0. The van der Waals surface area contributed by atoms with Crippen molar-refractivity contribution in [2.24, 2.45) is 5.73 Å². The molecule has 1 amide bonds. The summed E-state index contributed by atoms with van der Waals surface area (Å²) in [5.41, 5.74) is 7.94. The Morgan fingerprint density at radius 2 is 2.05 bits per heavy atom. The molecule has 0 saturated carbocycles. The molecule has 0 aliphatic heterocycles. The second-order valence-corrected chi connectivity index (χ2v) is 4.87. The van der Waals surface area contributed by atoms with Crippen LogP contribution >= 0.6 is 12.2 Å². The van der Waals surface area contributed by atoms with E-state index >= 15 is 0 Å². The van der Waals surface area contributed by atoms with Crippen LogP contribution in [0.15, 0.2) is 48.8 Å². The minimum Gasteiger partial charge on any atom is -0.393 e. The second-order valence-electron chi connectivity index (χ2n) is 4.34. The lowest BCUT2D eigenvalue weighted by Gasteiger charge is -2.09. The number of nitrogens with one attached hydrogen (secondary N) is 1. The van der Waals surface area contributed by atoms with Crippen LogP contribution in [0.25, 0.3) is 0 Å². The van der Waals surface area contributed by atoms with E-state index in [0.29, 0.717) is 23.5 Å². The molecule has 0 fully saturated rings. The van der Waals surface area contributed by atoms with Crippen molar-refractivity contribution in [3.8, 4) is 0 Å². The van der Waals surface area contributed by atoms with E-state index in [1.54, 1.807) is 18.5 Å². The lowest BCUT2D eigenvalue weighted by Crippen LogP contribution is -2.25. The van der Waals surface area contributed by atoms with Gasteiger partial charge in [0, 0.05) is 30.9 Å². The van der Waals surface area contributed by atoms with Gasteiger partial charge in [-0.1, -0.05) is 36.5 Å². The van der Waals surface area contributed by atoms with Crippen LogP contribution in [0, 0.1) is 0 Å². The SMILES string of the molecule is NC(=S)Cc1ccccc1C(=O)NCc1cccnc1. The highest BCUT2D eigenvalue weighted by Crippen LogP contribution is 2.10. The molecular weight excluding hydrogens is 270 g/mol. The molecule has 0 spiro atoms. The summed E-state index contributed by atoms with van der Waals surface area (Å²) in [5, 5.41) is 2.87. The molecule has 20 heavy (non-hydrogen) atoms. The molecule has 102 valence electrons. The van der Waals surface area contributed by atoms with Gasteiger partial charge in [-0.25, -0.2) is 0 Å². The number of aromatic nitrogens is 1. The predicted octanol–water partition coefficient (Wildman–Crippen LogP) is 1.84. The predicted molar refractivity (Wildman–Crippen MR) is 82.3 cm³/mol. The lowest BCUT2D eigenvalue weighted by molar-refractivity contribution is 0.0950. The zero-order valence-corrected chi connectivity index (χ0v) is 11.7. The van der Waals surface area contributed by atoms with Crippen molar-refractivity contribution in [3.63, 3.8) is 0 Å². The van der Waals surface area contributed by atoms with Crippen LogP contribution < -0.4 is 11.1 Å². The molecule has 2 rings (SSSR count). The van der Waals surface area contributed by atoms with Crippen LogP contribution in [0.3, 0.4) is 0 Å². The zero-order chi connectivity index (χ0) is 14.4. The van der Waals surface area contributed by atoms with Gasteiger partial charge in [-0.15, -0.1) is 0 Å². The molecule has 0 saturated heterocycles. The number of rotatable bonds is 5. The number of amides is 1. The second kappa shape index (κ2) is 6.77. The summed E-state index contributed by atoms with van der Waals surface area (Å²) in [6, 6.07) is 11.1. The van der Waals surface area contributed by atoms with E-state index in [9.17, 15) is 4.79 Å². The first-order valence-corrected chi connectivity index (χ1v) is 6.61. The van der Waals surface area contributed by atoms with Gasteiger partial charge in [-0.3, -0.25) is 9.78 Å². The summed E-state index contributed by atoms with van der Waals surface area (Å²) >= 11 is 4.90. The van der Waals surface area contributed by atoms with Crippen molar-refractivity contribution >= 4 is 23.1 Å². The van der Waals surface area contributed by atoms with Gasteiger partial charge in [-0.2, -0.15) is 0 Å². The first-order valence-electron chi connectivity index (χ1n) is 6.20. The molecule has 1 aromatic carbocycles. The van der Waals surface area contributed by atoms with E-state index in [4.69, 9.17) is 18.0 Å². The Kier molecular flexibility index (Phi) is 4.79. The van der Waals surface area contributed by atoms with Crippen LogP contribution in [0.4, 0.5) is 0 Å². The zero-order valence-electron chi connectivity index (χ0n) is 10.9. The molecule has 0 bridgehead atoms. The Balaban J connectivity index is 2.07. The van der Waals surface area contributed by atoms with Crippen LogP contribution in [-0.4, -0.2) is 15.9 Å². The summed E-state index contributed by atoms with van der Waals surface area (Å²) in [5.74, 6) is -0.138. The van der Waals surface area contributed by atoms with Crippen molar-refractivity contribution in [1.29, 1.82) is 0 Å². The van der Waals surface area contributed by atoms with Crippen molar-refractivity contribution < 1.29 is 4.79 Å². The maximum atomic E-state index is 12.2. The normalized spacial score (nSPS) is 10.0. The van der Waals surface area contributed by atoms with Gasteiger partial charge >= 0.3 is 0 Å². The molecule has 2 aromatic rings. The molecule has 0 atom stereocenters. The molecule has 4 nitrogen and oxygen atoms in total. The highest BCUT2D eigenvalue weighted by Gasteiger charge is 2.11. The number of hydrogen-bond donors (Lipinski definition) is 2. The van der Waals surface area contributed by atoms with E-state index in [2.05, 4.69) is 10.3 Å². The molecular formula is C15H15N3OS. The highest BCUT2D eigenvalue weighted by molar-refractivity contribution is 7.80. The number of thiocarbonyl (C=S) groups is 1. The number of nitrogens with zero attached hydrogens (tertiary/aromatic N) is 1. The van der Waals surface area contributed by atoms with Crippen LogP contribution in [-0.2, 0) is 13.0 Å². The topological polar surface area (TPSA) is 68.0 Å². The van der Waals surface area contributed by atoms with Gasteiger partial charge in [0.25, 0.3) is 5.91 Å². The number of hydrogen-bond acceptors (Lipinski definition) is 3. The Morgan fingerprint density at radius 3 is 2.75 bits per heavy atom. The minimum absolute atomic E-state index is 0.138. The Labute approximate surface area is 123 Å². The first kappa shape index (κ1) is 14.1. The maximum absolute atomic E-state index is 12.2. The van der Waals surface area contributed by atoms with E-state index < -0.39 is 0 Å². The summed E-state index contributed by atoms with van der Waals surface area (Å²) in [6.07, 6.45) is 3.84. The van der Waals surface area contributed by atoms with Crippen molar-refractivity contribution in [2.75, 3.05) is 0 Å². The molecule has 1 heterocycles. The number of carbonyl (C=O) groups excluding carboxylic acids is 1. The van der Waals surface area contributed by atoms with Crippen LogP contribution in [0.1, 0.15) is 21.5 Å². The van der Waals surface area contributed by atoms with Gasteiger partial charge in [0.05, 0.1) is 4.99 Å². The standard InChI is InChI=1S/C15H15N3OS/c16-14(20)8-12-5-1-2-6-13(12)15(19)18-10-11-4-3-7-17-9-11/h1-7,9H,8,10H2,(H2,16,20)(H,18,19). The molecule has 0 aliphatic rings. The average molecular weight is 285 g/mol. The minimum atomic E-state index is -0.138. The quantitative estimate of drug-likeness (QED) is 0.823. The molecule has 0 aliphatic carbocycles. The van der Waals surface area contributed by atoms with Gasteiger partial charge in [-0.05, 0) is 23.3 Å². The molecule has 0 unspecified atom stereocenters. The fraction of sp³-hybridized carbons (Fsp3) is 0.133. The summed E-state index contributed by atoms with van der Waals surface area (Å²) in [6.45, 7) is 0.439. The number of carbonyl (C=O) groups is 1. The Bertz CT molecular complexity index is 614. The number of nitrogens with two attached hydrogens (primary N) is 1. The van der Waals surface area contributed by atoms with Gasteiger partial charge in [0.1, 0.15) is 0 Å². The molecule has 5 heteroatoms. The average Bonchev–Trinajstić information content (AvgIpc) is 2.46. The highest BCUT2D eigenvalue weighted by atomic mass is 32.1. The van der Waals surface area contributed by atoms with Gasteiger partial charge < -0.3 is 11.1 Å². The third-order valence-electron chi connectivity index (χ3n) is 2.80. The van der Waals surface area contributed by atoms with E-state index in [1.807, 2.05) is 30.3 Å². The van der Waals surface area contributed by atoms with Gasteiger partial charge in [0.15, 0.2) is 0 Å². The monoisotopic (exact) mass is 285 g/mol. The smallest absolute Gasteiger partial charge is 0.251 e. The molecule has 0 radical (unpaired) electrons. The summed E-state index contributed by atoms with van der Waals surface area (Å²) in [7, 11) is 0. The van der Waals surface area contributed by atoms with Crippen LogP contribution in [0.5, 0.6) is 0 Å².